The van der Waals surface area contributed by atoms with E-state index in [2.05, 4.69) is 4.98 Å². The first kappa shape index (κ1) is 14.0. The zero-order valence-corrected chi connectivity index (χ0v) is 12.4. The third kappa shape index (κ3) is 2.51. The lowest BCUT2D eigenvalue weighted by Gasteiger charge is -2.20. The molecule has 1 heterocycles. The summed E-state index contributed by atoms with van der Waals surface area (Å²) in [5.74, 6) is -1.57. The van der Waals surface area contributed by atoms with Gasteiger partial charge in [-0.05, 0) is 44.0 Å². The Morgan fingerprint density at radius 3 is 2.81 bits per heavy atom. The van der Waals surface area contributed by atoms with Crippen LogP contribution in [0.4, 0.5) is 15.2 Å². The maximum atomic E-state index is 13.0. The number of thiazole rings is 1. The number of aromatic nitrogens is 1. The Labute approximate surface area is 125 Å². The van der Waals surface area contributed by atoms with Crippen LogP contribution < -0.4 is 4.90 Å². The Hall–Kier alpha value is -1.95. The van der Waals surface area contributed by atoms with Crippen LogP contribution in [0.25, 0.3) is 0 Å². The molecule has 0 amide bonds. The second-order valence-corrected chi connectivity index (χ2v) is 6.02. The van der Waals surface area contributed by atoms with Crippen molar-refractivity contribution in [1.82, 2.24) is 4.98 Å². The van der Waals surface area contributed by atoms with Crippen molar-refractivity contribution in [2.24, 2.45) is 0 Å². The number of carboxylic acid groups (broad SMARTS) is 1. The Kier molecular flexibility index (Phi) is 3.63. The minimum Gasteiger partial charge on any atom is -0.481 e. The second kappa shape index (κ2) is 5.44. The quantitative estimate of drug-likeness (QED) is 0.938. The van der Waals surface area contributed by atoms with Gasteiger partial charge in [-0.15, -0.1) is 11.3 Å². The van der Waals surface area contributed by atoms with Gasteiger partial charge in [-0.2, -0.15) is 0 Å². The summed E-state index contributed by atoms with van der Waals surface area (Å²) in [4.78, 5) is 18.8. The first-order valence-corrected chi connectivity index (χ1v) is 7.67. The number of hydrogen-bond donors (Lipinski definition) is 1. The molecule has 21 heavy (non-hydrogen) atoms. The first-order valence-electron chi connectivity index (χ1n) is 6.85. The molecule has 0 aliphatic heterocycles. The van der Waals surface area contributed by atoms with E-state index in [0.29, 0.717) is 18.7 Å². The predicted molar refractivity (Wildman–Crippen MR) is 79.9 cm³/mol. The number of carbonyl (C=O) groups is 1. The van der Waals surface area contributed by atoms with Crippen LogP contribution in [0, 0.1) is 5.82 Å². The largest absolute Gasteiger partial charge is 0.481 e. The van der Waals surface area contributed by atoms with Crippen LogP contribution in [-0.4, -0.2) is 22.6 Å². The topological polar surface area (TPSA) is 53.4 Å². The van der Waals surface area contributed by atoms with E-state index in [1.165, 1.54) is 23.5 Å². The van der Waals surface area contributed by atoms with Crippen LogP contribution >= 0.6 is 11.3 Å². The molecule has 1 atom stereocenters. The van der Waals surface area contributed by atoms with Gasteiger partial charge in [-0.25, -0.2) is 9.37 Å². The average molecular weight is 306 g/mol. The fourth-order valence-corrected chi connectivity index (χ4v) is 3.84. The highest BCUT2D eigenvalue weighted by atomic mass is 32.1. The monoisotopic (exact) mass is 306 g/mol. The van der Waals surface area contributed by atoms with E-state index in [1.807, 2.05) is 11.8 Å². The average Bonchev–Trinajstić information content (AvgIpc) is 3.01. The van der Waals surface area contributed by atoms with Crippen LogP contribution in [0.2, 0.25) is 0 Å². The van der Waals surface area contributed by atoms with Crippen LogP contribution in [0.3, 0.4) is 0 Å². The molecule has 2 aromatic rings. The molecular formula is C15H15FN2O2S. The fraction of sp³-hybridized carbons (Fsp3) is 0.333. The van der Waals surface area contributed by atoms with E-state index < -0.39 is 11.9 Å². The third-order valence-electron chi connectivity index (χ3n) is 3.69. The molecule has 0 radical (unpaired) electrons. The minimum absolute atomic E-state index is 0.276. The van der Waals surface area contributed by atoms with Gasteiger partial charge in [0.2, 0.25) is 0 Å². The second-order valence-electron chi connectivity index (χ2n) is 4.96. The van der Waals surface area contributed by atoms with Crippen molar-refractivity contribution in [3.8, 4) is 0 Å². The lowest BCUT2D eigenvalue weighted by molar-refractivity contribution is -0.138. The normalized spacial score (nSPS) is 16.8. The zero-order valence-electron chi connectivity index (χ0n) is 11.5. The van der Waals surface area contributed by atoms with Gasteiger partial charge in [-0.3, -0.25) is 4.79 Å². The molecule has 4 nitrogen and oxygen atoms in total. The minimum atomic E-state index is -0.810. The van der Waals surface area contributed by atoms with E-state index >= 15 is 0 Å². The number of aliphatic carboxylic acids is 1. The number of hydrogen-bond acceptors (Lipinski definition) is 4. The zero-order chi connectivity index (χ0) is 15.0. The molecule has 1 aromatic heterocycles. The summed E-state index contributed by atoms with van der Waals surface area (Å²) in [6.07, 6.45) is 1.40. The Bertz CT molecular complexity index is 669. The smallest absolute Gasteiger partial charge is 0.312 e. The van der Waals surface area contributed by atoms with E-state index in [0.717, 1.165) is 22.1 Å². The number of anilines is 2. The SMILES string of the molecule is CCN(c1ccc(F)cc1)c1nc2c(s1)CCC2C(=O)O. The molecule has 0 fully saturated rings. The van der Waals surface area contributed by atoms with E-state index in [-0.39, 0.29) is 5.82 Å². The van der Waals surface area contributed by atoms with Crippen molar-refractivity contribution in [2.45, 2.75) is 25.7 Å². The summed E-state index contributed by atoms with van der Waals surface area (Å²) >= 11 is 1.53. The van der Waals surface area contributed by atoms with E-state index in [1.54, 1.807) is 12.1 Å². The molecule has 1 aliphatic carbocycles. The van der Waals surface area contributed by atoms with E-state index in [4.69, 9.17) is 0 Å². The standard InChI is InChI=1S/C15H15FN2O2S/c1-2-18(10-5-3-9(16)4-6-10)15-17-13-11(14(19)20)7-8-12(13)21-15/h3-6,11H,2,7-8H2,1H3,(H,19,20). The maximum absolute atomic E-state index is 13.0. The third-order valence-corrected chi connectivity index (χ3v) is 4.84. The number of benzene rings is 1. The lowest BCUT2D eigenvalue weighted by Crippen LogP contribution is -2.16. The lowest BCUT2D eigenvalue weighted by atomic mass is 10.1. The van der Waals surface area contributed by atoms with Gasteiger partial charge in [0.05, 0.1) is 5.69 Å². The molecule has 1 N–H and O–H groups in total. The van der Waals surface area contributed by atoms with Gasteiger partial charge in [0.15, 0.2) is 5.13 Å². The highest BCUT2D eigenvalue weighted by Gasteiger charge is 2.33. The summed E-state index contributed by atoms with van der Waals surface area (Å²) < 4.78 is 13.0. The van der Waals surface area contributed by atoms with E-state index in [9.17, 15) is 14.3 Å². The summed E-state index contributed by atoms with van der Waals surface area (Å²) in [5.41, 5.74) is 1.56. The van der Waals surface area contributed by atoms with Crippen molar-refractivity contribution in [3.63, 3.8) is 0 Å². The summed E-state index contributed by atoms with van der Waals surface area (Å²) in [6, 6.07) is 6.25. The van der Waals surface area contributed by atoms with Gasteiger partial charge in [0.1, 0.15) is 11.7 Å². The molecule has 0 saturated carbocycles. The number of rotatable bonds is 4. The van der Waals surface area contributed by atoms with Gasteiger partial charge in [-0.1, -0.05) is 0 Å². The van der Waals surface area contributed by atoms with Crippen LogP contribution in [0.1, 0.15) is 29.8 Å². The van der Waals surface area contributed by atoms with Gasteiger partial charge in [0.25, 0.3) is 0 Å². The van der Waals surface area contributed by atoms with Gasteiger partial charge < -0.3 is 10.0 Å². The van der Waals surface area contributed by atoms with Crippen LogP contribution in [-0.2, 0) is 11.2 Å². The molecule has 0 spiro atoms. The highest BCUT2D eigenvalue weighted by molar-refractivity contribution is 7.15. The maximum Gasteiger partial charge on any atom is 0.312 e. The molecule has 110 valence electrons. The highest BCUT2D eigenvalue weighted by Crippen LogP contribution is 2.41. The predicted octanol–water partition coefficient (Wildman–Crippen LogP) is 3.55. The molecule has 1 aromatic carbocycles. The Morgan fingerprint density at radius 1 is 1.48 bits per heavy atom. The van der Waals surface area contributed by atoms with Crippen molar-refractivity contribution in [2.75, 3.05) is 11.4 Å². The van der Waals surface area contributed by atoms with Crippen LogP contribution in [0.15, 0.2) is 24.3 Å². The summed E-state index contributed by atoms with van der Waals surface area (Å²) in [6.45, 7) is 2.68. The summed E-state index contributed by atoms with van der Waals surface area (Å²) in [7, 11) is 0. The Balaban J connectivity index is 1.94. The van der Waals surface area contributed by atoms with Crippen molar-refractivity contribution in [3.05, 3.63) is 40.7 Å². The molecule has 3 rings (SSSR count). The molecule has 0 saturated heterocycles. The fourth-order valence-electron chi connectivity index (χ4n) is 2.62. The molecule has 1 unspecified atom stereocenters. The number of aryl methyl sites for hydroxylation is 1. The molecular weight excluding hydrogens is 291 g/mol. The van der Waals surface area contributed by atoms with Crippen LogP contribution in [0.5, 0.6) is 0 Å². The first-order chi connectivity index (χ1) is 10.1. The summed E-state index contributed by atoms with van der Waals surface area (Å²) in [5, 5.41) is 10.00. The van der Waals surface area contributed by atoms with Gasteiger partial charge in [0, 0.05) is 17.1 Å². The van der Waals surface area contributed by atoms with Crippen molar-refractivity contribution in [1.29, 1.82) is 0 Å². The molecule has 1 aliphatic rings. The number of fused-ring (bicyclic) bond motifs is 1. The van der Waals surface area contributed by atoms with Gasteiger partial charge >= 0.3 is 5.97 Å². The number of nitrogens with zero attached hydrogens (tertiary/aromatic N) is 2. The van der Waals surface area contributed by atoms with Crippen molar-refractivity contribution < 1.29 is 14.3 Å². The molecule has 0 bridgehead atoms. The Morgan fingerprint density at radius 2 is 2.19 bits per heavy atom. The molecule has 6 heteroatoms. The number of carboxylic acids is 1. The van der Waals surface area contributed by atoms with Crippen molar-refractivity contribution >= 4 is 28.1 Å². The number of halogens is 1.